The van der Waals surface area contributed by atoms with Gasteiger partial charge >= 0.3 is 0 Å². The Kier molecular flexibility index (Phi) is 7.71. The molecule has 0 unspecified atom stereocenters. The number of para-hydroxylation sites is 1. The van der Waals surface area contributed by atoms with Crippen molar-refractivity contribution in [1.29, 1.82) is 0 Å². The van der Waals surface area contributed by atoms with Crippen molar-refractivity contribution in [1.82, 2.24) is 15.0 Å². The number of nitrogens with zero attached hydrogens (tertiary/aromatic N) is 3. The maximum atomic E-state index is 5.47. The summed E-state index contributed by atoms with van der Waals surface area (Å²) in [5, 5.41) is 3.42. The Morgan fingerprint density at radius 1 is 0.316 bits per heavy atom. The van der Waals surface area contributed by atoms with Crippen LogP contribution < -0.4 is 0 Å². The lowest BCUT2D eigenvalue weighted by Crippen LogP contribution is -2.28. The average Bonchev–Trinajstić information content (AvgIpc) is 3.59. The quantitative estimate of drug-likeness (QED) is 0.160. The predicted octanol–water partition coefficient (Wildman–Crippen LogP) is 13.2. The van der Waals surface area contributed by atoms with Crippen molar-refractivity contribution in [2.45, 2.75) is 5.41 Å². The Morgan fingerprint density at radius 3 is 1.53 bits per heavy atom. The van der Waals surface area contributed by atoms with Gasteiger partial charge in [0.05, 0.1) is 28.0 Å². The lowest BCUT2D eigenvalue weighted by atomic mass is 9.67. The highest BCUT2D eigenvalue weighted by Crippen LogP contribution is 2.57. The van der Waals surface area contributed by atoms with Crippen molar-refractivity contribution in [2.75, 3.05) is 0 Å². The predicted molar refractivity (Wildman–Crippen MR) is 234 cm³/mol. The molecule has 8 aromatic carbocycles. The van der Waals surface area contributed by atoms with E-state index < -0.39 is 5.41 Å². The van der Waals surface area contributed by atoms with Crippen LogP contribution in [-0.2, 0) is 5.41 Å². The summed E-state index contributed by atoms with van der Waals surface area (Å²) in [6.07, 6.45) is 0. The van der Waals surface area contributed by atoms with E-state index in [1.165, 1.54) is 38.8 Å². The monoisotopic (exact) mass is 725 g/mol. The molecule has 0 atom stereocenters. The molecule has 0 spiro atoms. The van der Waals surface area contributed by atoms with E-state index in [0.717, 1.165) is 55.6 Å². The molecule has 2 aromatic heterocycles. The normalized spacial score (nSPS) is 12.7. The van der Waals surface area contributed by atoms with E-state index in [0.29, 0.717) is 5.82 Å². The largest absolute Gasteiger partial charge is 0.247 e. The summed E-state index contributed by atoms with van der Waals surface area (Å²) >= 11 is 0. The highest BCUT2D eigenvalue weighted by Gasteiger charge is 2.46. The van der Waals surface area contributed by atoms with Crippen LogP contribution >= 0.6 is 0 Å². The molecule has 0 saturated heterocycles. The van der Waals surface area contributed by atoms with Gasteiger partial charge < -0.3 is 0 Å². The molecular formula is C54H35N3. The fourth-order valence-electron chi connectivity index (χ4n) is 9.00. The van der Waals surface area contributed by atoms with E-state index in [4.69, 9.17) is 15.0 Å². The Labute approximate surface area is 331 Å². The smallest absolute Gasteiger partial charge is 0.160 e. The van der Waals surface area contributed by atoms with E-state index in [1.54, 1.807) is 0 Å². The Bertz CT molecular complexity index is 3010. The summed E-state index contributed by atoms with van der Waals surface area (Å²) in [7, 11) is 0. The number of benzene rings is 8. The van der Waals surface area contributed by atoms with Gasteiger partial charge in [0.15, 0.2) is 5.82 Å². The highest BCUT2D eigenvalue weighted by atomic mass is 14.9. The van der Waals surface area contributed by atoms with Gasteiger partial charge in [-0.2, -0.15) is 0 Å². The first-order chi connectivity index (χ1) is 28.3. The van der Waals surface area contributed by atoms with Gasteiger partial charge in [-0.1, -0.05) is 182 Å². The Morgan fingerprint density at radius 2 is 0.860 bits per heavy atom. The third-order valence-electron chi connectivity index (χ3n) is 11.5. The van der Waals surface area contributed by atoms with Crippen molar-refractivity contribution in [3.63, 3.8) is 0 Å². The molecule has 1 aliphatic carbocycles. The summed E-state index contributed by atoms with van der Waals surface area (Å²) in [5.41, 5.74) is 14.7. The van der Waals surface area contributed by atoms with Crippen LogP contribution in [0.15, 0.2) is 212 Å². The maximum Gasteiger partial charge on any atom is 0.160 e. The van der Waals surface area contributed by atoms with Crippen LogP contribution in [0.3, 0.4) is 0 Å². The maximum absolute atomic E-state index is 5.47. The van der Waals surface area contributed by atoms with Crippen LogP contribution in [0.5, 0.6) is 0 Å². The molecule has 266 valence electrons. The minimum absolute atomic E-state index is 0.521. The third kappa shape index (κ3) is 5.32. The number of fused-ring (bicyclic) bond motifs is 6. The van der Waals surface area contributed by atoms with Crippen LogP contribution in [0.1, 0.15) is 22.3 Å². The highest BCUT2D eigenvalue weighted by molar-refractivity contribution is 6.13. The molecule has 57 heavy (non-hydrogen) atoms. The van der Waals surface area contributed by atoms with E-state index in [2.05, 4.69) is 200 Å². The third-order valence-corrected chi connectivity index (χ3v) is 11.5. The van der Waals surface area contributed by atoms with Gasteiger partial charge in [-0.05, 0) is 69.1 Å². The van der Waals surface area contributed by atoms with Gasteiger partial charge in [-0.15, -0.1) is 0 Å². The van der Waals surface area contributed by atoms with Crippen molar-refractivity contribution >= 4 is 21.7 Å². The fraction of sp³-hybridized carbons (Fsp3) is 0.0185. The van der Waals surface area contributed by atoms with Gasteiger partial charge in [0.2, 0.25) is 0 Å². The molecule has 0 amide bonds. The zero-order chi connectivity index (χ0) is 37.8. The molecule has 2 heterocycles. The molecule has 0 saturated carbocycles. The van der Waals surface area contributed by atoms with E-state index in [-0.39, 0.29) is 0 Å². The molecule has 0 bridgehead atoms. The molecule has 0 N–H and O–H groups in total. The Hall–Kier alpha value is -7.49. The van der Waals surface area contributed by atoms with Gasteiger partial charge in [-0.3, -0.25) is 0 Å². The van der Waals surface area contributed by atoms with E-state index in [9.17, 15) is 0 Å². The summed E-state index contributed by atoms with van der Waals surface area (Å²) in [6.45, 7) is 0. The van der Waals surface area contributed by atoms with Gasteiger partial charge in [-0.25, -0.2) is 15.0 Å². The van der Waals surface area contributed by atoms with Crippen LogP contribution in [0.4, 0.5) is 0 Å². The van der Waals surface area contributed by atoms with Crippen molar-refractivity contribution in [3.05, 3.63) is 235 Å². The second kappa shape index (κ2) is 13.4. The molecule has 3 nitrogen and oxygen atoms in total. The summed E-state index contributed by atoms with van der Waals surface area (Å²) in [5.74, 6) is 0.672. The Balaban J connectivity index is 1.18. The standard InChI is InChI=1S/C54H35N3/c1-5-18-36(19-6-1)50-35-51(37-20-7-2-8-21-37)57-53(56-50)39-23-17-22-38(32-39)52-46-34-48-45(33-44(46)43-29-14-16-31-49(43)55-52)42-28-13-15-30-47(42)54(48,40-24-9-3-10-25-40)41-26-11-4-12-27-41/h1-35H. The van der Waals surface area contributed by atoms with E-state index in [1.807, 2.05) is 12.1 Å². The van der Waals surface area contributed by atoms with Crippen LogP contribution in [0.25, 0.3) is 78.0 Å². The molecule has 0 radical (unpaired) electrons. The first-order valence-corrected chi connectivity index (χ1v) is 19.4. The molecule has 0 aliphatic heterocycles. The summed E-state index contributed by atoms with van der Waals surface area (Å²) in [4.78, 5) is 15.8. The molecule has 10 aromatic rings. The number of aromatic nitrogens is 3. The fourth-order valence-corrected chi connectivity index (χ4v) is 9.00. The number of rotatable bonds is 6. The minimum Gasteiger partial charge on any atom is -0.247 e. The van der Waals surface area contributed by atoms with Crippen molar-refractivity contribution < 1.29 is 0 Å². The van der Waals surface area contributed by atoms with Crippen molar-refractivity contribution in [2.24, 2.45) is 0 Å². The first-order valence-electron chi connectivity index (χ1n) is 19.4. The van der Waals surface area contributed by atoms with Gasteiger partial charge in [0, 0.05) is 33.0 Å². The molecule has 3 heteroatoms. The van der Waals surface area contributed by atoms with Gasteiger partial charge in [0.25, 0.3) is 0 Å². The summed E-state index contributed by atoms with van der Waals surface area (Å²) in [6, 6.07) is 75.6. The van der Waals surface area contributed by atoms with Crippen LogP contribution in [0.2, 0.25) is 0 Å². The number of hydrogen-bond acceptors (Lipinski definition) is 3. The zero-order valence-corrected chi connectivity index (χ0v) is 31.0. The molecule has 0 fully saturated rings. The lowest BCUT2D eigenvalue weighted by Gasteiger charge is -2.34. The average molecular weight is 726 g/mol. The van der Waals surface area contributed by atoms with Gasteiger partial charge in [0.1, 0.15) is 0 Å². The number of hydrogen-bond donors (Lipinski definition) is 0. The van der Waals surface area contributed by atoms with Crippen LogP contribution in [-0.4, -0.2) is 15.0 Å². The molecule has 11 rings (SSSR count). The zero-order valence-electron chi connectivity index (χ0n) is 31.0. The minimum atomic E-state index is -0.521. The SMILES string of the molecule is c1ccc(-c2cc(-c3ccccc3)nc(-c3cccc(-c4nc5ccccc5c5cc6c(cc45)C(c4ccccc4)(c4ccccc4)c4ccccc4-6)c3)n2)cc1. The van der Waals surface area contributed by atoms with E-state index >= 15 is 0 Å². The molecule has 1 aliphatic rings. The van der Waals surface area contributed by atoms with Crippen molar-refractivity contribution in [3.8, 4) is 56.3 Å². The second-order valence-electron chi connectivity index (χ2n) is 14.7. The lowest BCUT2D eigenvalue weighted by molar-refractivity contribution is 0.769. The first kappa shape index (κ1) is 32.9. The molecular weight excluding hydrogens is 691 g/mol. The summed E-state index contributed by atoms with van der Waals surface area (Å²) < 4.78 is 0. The second-order valence-corrected chi connectivity index (χ2v) is 14.7. The topological polar surface area (TPSA) is 38.7 Å². The number of pyridine rings is 1. The van der Waals surface area contributed by atoms with Crippen LogP contribution in [0, 0.1) is 0 Å².